The average Bonchev–Trinajstić information content (AvgIpc) is 1.97. The maximum atomic E-state index is 10.7. The molecule has 0 bridgehead atoms. The lowest BCUT2D eigenvalue weighted by Gasteiger charge is -2.03. The van der Waals surface area contributed by atoms with E-state index in [1.807, 2.05) is 0 Å². The number of carbonyl (C=O) groups excluding carboxylic acids is 1. The Balaban J connectivity index is 4.14. The zero-order chi connectivity index (χ0) is 10.6. The molecule has 1 N–H and O–H groups in total. The van der Waals surface area contributed by atoms with Gasteiger partial charge in [-0.25, -0.2) is 4.79 Å². The van der Waals surface area contributed by atoms with Crippen LogP contribution in [0.1, 0.15) is 6.92 Å². The molecule has 0 fully saturated rings. The standard InChI is InChI=1S/C7H10O5S/c1-5(2)7(8)12-4-6(3)13(9,10)11/h1,3-4H2,2H3,(H,9,10,11). The highest BCUT2D eigenvalue weighted by Gasteiger charge is 2.13. The lowest BCUT2D eigenvalue weighted by molar-refractivity contribution is -0.137. The second kappa shape index (κ2) is 4.20. The predicted molar refractivity (Wildman–Crippen MR) is 46.5 cm³/mol. The van der Waals surface area contributed by atoms with E-state index in [0.717, 1.165) is 0 Å². The summed E-state index contributed by atoms with van der Waals surface area (Å²) in [6, 6.07) is 0. The number of hydrogen-bond donors (Lipinski definition) is 1. The zero-order valence-electron chi connectivity index (χ0n) is 7.11. The monoisotopic (exact) mass is 206 g/mol. The fourth-order valence-electron chi connectivity index (χ4n) is 0.344. The molecule has 0 aliphatic heterocycles. The van der Waals surface area contributed by atoms with Crippen molar-refractivity contribution in [2.24, 2.45) is 0 Å². The summed E-state index contributed by atoms with van der Waals surface area (Å²) in [5.74, 6) is -0.732. The molecule has 0 atom stereocenters. The Morgan fingerprint density at radius 2 is 1.92 bits per heavy atom. The molecular weight excluding hydrogens is 196 g/mol. The van der Waals surface area contributed by atoms with Gasteiger partial charge in [0.2, 0.25) is 0 Å². The number of ether oxygens (including phenoxy) is 1. The van der Waals surface area contributed by atoms with Crippen molar-refractivity contribution in [2.45, 2.75) is 6.92 Å². The van der Waals surface area contributed by atoms with Gasteiger partial charge >= 0.3 is 5.97 Å². The zero-order valence-corrected chi connectivity index (χ0v) is 7.93. The van der Waals surface area contributed by atoms with Crippen molar-refractivity contribution in [1.29, 1.82) is 0 Å². The Morgan fingerprint density at radius 1 is 1.46 bits per heavy atom. The summed E-state index contributed by atoms with van der Waals surface area (Å²) in [5, 5.41) is 0. The van der Waals surface area contributed by atoms with Crippen LogP contribution in [0.25, 0.3) is 0 Å². The summed E-state index contributed by atoms with van der Waals surface area (Å²) in [6.07, 6.45) is 0. The fraction of sp³-hybridized carbons (Fsp3) is 0.286. The van der Waals surface area contributed by atoms with Gasteiger partial charge in [0.05, 0.1) is 0 Å². The molecule has 0 aromatic carbocycles. The highest BCUT2D eigenvalue weighted by molar-refractivity contribution is 7.89. The van der Waals surface area contributed by atoms with Crippen molar-refractivity contribution in [3.05, 3.63) is 23.6 Å². The van der Waals surface area contributed by atoms with Gasteiger partial charge in [0.15, 0.2) is 0 Å². The molecule has 0 amide bonds. The van der Waals surface area contributed by atoms with E-state index in [4.69, 9.17) is 4.55 Å². The van der Waals surface area contributed by atoms with E-state index in [1.54, 1.807) is 0 Å². The largest absolute Gasteiger partial charge is 0.457 e. The van der Waals surface area contributed by atoms with Crippen molar-refractivity contribution in [2.75, 3.05) is 6.61 Å². The van der Waals surface area contributed by atoms with Gasteiger partial charge in [-0.2, -0.15) is 8.42 Å². The molecular formula is C7H10O5S. The maximum Gasteiger partial charge on any atom is 0.333 e. The molecule has 0 radical (unpaired) electrons. The van der Waals surface area contributed by atoms with Gasteiger partial charge in [0.25, 0.3) is 10.1 Å². The molecule has 5 nitrogen and oxygen atoms in total. The van der Waals surface area contributed by atoms with E-state index in [9.17, 15) is 13.2 Å². The third-order valence-electron chi connectivity index (χ3n) is 1.08. The van der Waals surface area contributed by atoms with E-state index in [0.29, 0.717) is 0 Å². The maximum absolute atomic E-state index is 10.7. The first-order valence-corrected chi connectivity index (χ1v) is 4.67. The van der Waals surface area contributed by atoms with Crippen LogP contribution in [0.4, 0.5) is 0 Å². The molecule has 0 saturated carbocycles. The summed E-state index contributed by atoms with van der Waals surface area (Å²) in [5.41, 5.74) is 0.142. The molecule has 0 saturated heterocycles. The SMILES string of the molecule is C=C(C)C(=O)OCC(=C)S(=O)(=O)O. The molecule has 0 heterocycles. The number of rotatable bonds is 4. The first-order chi connectivity index (χ1) is 5.75. The van der Waals surface area contributed by atoms with E-state index < -0.39 is 27.6 Å². The summed E-state index contributed by atoms with van der Waals surface area (Å²) >= 11 is 0. The van der Waals surface area contributed by atoms with Gasteiger partial charge in [-0.15, -0.1) is 0 Å². The molecule has 0 aliphatic carbocycles. The van der Waals surface area contributed by atoms with Gasteiger partial charge in [0, 0.05) is 5.57 Å². The molecule has 0 spiro atoms. The normalized spacial score (nSPS) is 10.6. The number of hydrogen-bond acceptors (Lipinski definition) is 4. The number of esters is 1. The fourth-order valence-corrected chi connectivity index (χ4v) is 0.552. The quantitative estimate of drug-likeness (QED) is 0.411. The van der Waals surface area contributed by atoms with E-state index in [2.05, 4.69) is 17.9 Å². The summed E-state index contributed by atoms with van der Waals surface area (Å²) in [6.45, 7) is 7.14. The third kappa shape index (κ3) is 4.44. The summed E-state index contributed by atoms with van der Waals surface area (Å²) < 4.78 is 33.5. The minimum Gasteiger partial charge on any atom is -0.457 e. The van der Waals surface area contributed by atoms with Crippen molar-refractivity contribution < 1.29 is 22.5 Å². The Labute approximate surface area is 76.5 Å². The van der Waals surface area contributed by atoms with Crippen LogP contribution in [0.15, 0.2) is 23.6 Å². The van der Waals surface area contributed by atoms with Crippen LogP contribution in [-0.2, 0) is 19.6 Å². The van der Waals surface area contributed by atoms with Crippen LogP contribution in [0.3, 0.4) is 0 Å². The van der Waals surface area contributed by atoms with Crippen LogP contribution in [-0.4, -0.2) is 25.5 Å². The average molecular weight is 206 g/mol. The molecule has 74 valence electrons. The Kier molecular flexibility index (Phi) is 3.83. The van der Waals surface area contributed by atoms with Crippen molar-refractivity contribution in [3.63, 3.8) is 0 Å². The lowest BCUT2D eigenvalue weighted by Crippen LogP contribution is -2.12. The van der Waals surface area contributed by atoms with Gasteiger partial charge < -0.3 is 4.74 Å². The van der Waals surface area contributed by atoms with Crippen LogP contribution >= 0.6 is 0 Å². The Morgan fingerprint density at radius 3 is 2.23 bits per heavy atom. The molecule has 0 aromatic heterocycles. The van der Waals surface area contributed by atoms with Crippen molar-refractivity contribution >= 4 is 16.1 Å². The van der Waals surface area contributed by atoms with E-state index >= 15 is 0 Å². The highest BCUT2D eigenvalue weighted by Crippen LogP contribution is 2.02. The summed E-state index contributed by atoms with van der Waals surface area (Å²) in [4.78, 5) is 10.2. The molecule has 0 aromatic rings. The smallest absolute Gasteiger partial charge is 0.333 e. The van der Waals surface area contributed by atoms with Gasteiger partial charge in [-0.1, -0.05) is 13.2 Å². The van der Waals surface area contributed by atoms with E-state index in [-0.39, 0.29) is 5.57 Å². The summed E-state index contributed by atoms with van der Waals surface area (Å²) in [7, 11) is -4.33. The Hall–Kier alpha value is -1.14. The minimum absolute atomic E-state index is 0.142. The molecule has 6 heteroatoms. The van der Waals surface area contributed by atoms with Gasteiger partial charge in [-0.05, 0) is 6.92 Å². The second-order valence-electron chi connectivity index (χ2n) is 2.37. The first kappa shape index (κ1) is 11.9. The van der Waals surface area contributed by atoms with Crippen LogP contribution in [0, 0.1) is 0 Å². The second-order valence-corrected chi connectivity index (χ2v) is 3.90. The Bertz CT molecular complexity index is 338. The first-order valence-electron chi connectivity index (χ1n) is 3.23. The van der Waals surface area contributed by atoms with E-state index in [1.165, 1.54) is 6.92 Å². The van der Waals surface area contributed by atoms with Crippen LogP contribution in [0.2, 0.25) is 0 Å². The van der Waals surface area contributed by atoms with Gasteiger partial charge in [-0.3, -0.25) is 4.55 Å². The molecule has 0 unspecified atom stereocenters. The van der Waals surface area contributed by atoms with Gasteiger partial charge in [0.1, 0.15) is 11.5 Å². The topological polar surface area (TPSA) is 80.7 Å². The predicted octanol–water partition coefficient (Wildman–Crippen LogP) is 0.507. The van der Waals surface area contributed by atoms with Crippen molar-refractivity contribution in [3.8, 4) is 0 Å². The highest BCUT2D eigenvalue weighted by atomic mass is 32.2. The number of carbonyl (C=O) groups is 1. The van der Waals surface area contributed by atoms with Crippen LogP contribution in [0.5, 0.6) is 0 Å². The molecule has 0 aliphatic rings. The molecule has 13 heavy (non-hydrogen) atoms. The van der Waals surface area contributed by atoms with Crippen LogP contribution < -0.4 is 0 Å². The minimum atomic E-state index is -4.33. The molecule has 0 rings (SSSR count). The van der Waals surface area contributed by atoms with Crippen molar-refractivity contribution in [1.82, 2.24) is 0 Å². The third-order valence-corrected chi connectivity index (χ3v) is 1.92. The lowest BCUT2D eigenvalue weighted by atomic mass is 10.4.